The van der Waals surface area contributed by atoms with Gasteiger partial charge in [-0.15, -0.1) is 0 Å². The van der Waals surface area contributed by atoms with Crippen LogP contribution < -0.4 is 20.7 Å². The van der Waals surface area contributed by atoms with Gasteiger partial charge in [0.05, 0.1) is 17.8 Å². The van der Waals surface area contributed by atoms with E-state index in [-0.39, 0.29) is 5.91 Å². The molecule has 1 aromatic heterocycles. The zero-order valence-electron chi connectivity index (χ0n) is 20.9. The molecule has 2 aromatic carbocycles. The molecule has 0 unspecified atom stereocenters. The number of hydrogen-bond donors (Lipinski definition) is 3. The number of aromatic nitrogens is 2. The minimum Gasteiger partial charge on any atom is -0.490 e. The van der Waals surface area contributed by atoms with E-state index in [0.29, 0.717) is 53.4 Å². The molecule has 8 bridgehead atoms. The number of piperazine rings is 1. The van der Waals surface area contributed by atoms with Crippen LogP contribution in [0.1, 0.15) is 17.5 Å². The normalized spacial score (nSPS) is 20.2. The topological polar surface area (TPSA) is 118 Å². The smallest absolute Gasteiger partial charge is 0.229 e. The van der Waals surface area contributed by atoms with Crippen LogP contribution in [0.25, 0.3) is 0 Å². The second kappa shape index (κ2) is 12.1. The van der Waals surface area contributed by atoms with Crippen LogP contribution in [-0.4, -0.2) is 71.6 Å². The monoisotopic (exact) mass is 532 g/mol. The van der Waals surface area contributed by atoms with E-state index >= 15 is 0 Å². The third kappa shape index (κ3) is 6.69. The van der Waals surface area contributed by atoms with Crippen molar-refractivity contribution in [3.05, 3.63) is 64.8 Å². The average Bonchev–Trinajstić information content (AvgIpc) is 2.92. The van der Waals surface area contributed by atoms with Gasteiger partial charge in [-0.3, -0.25) is 9.69 Å². The number of ether oxygens (including phenoxy) is 1. The Kier molecular flexibility index (Phi) is 8.19. The van der Waals surface area contributed by atoms with Crippen LogP contribution in [0, 0.1) is 11.3 Å². The first-order chi connectivity index (χ1) is 18.6. The molecule has 6 aliphatic heterocycles. The molecule has 196 valence electrons. The van der Waals surface area contributed by atoms with Crippen molar-refractivity contribution in [2.24, 2.45) is 0 Å². The maximum atomic E-state index is 12.3. The summed E-state index contributed by atoms with van der Waals surface area (Å²) in [6.45, 7) is 6.10. The molecule has 0 radical (unpaired) electrons. The minimum atomic E-state index is 0.0164. The molecule has 1 amide bonds. The van der Waals surface area contributed by atoms with Crippen molar-refractivity contribution in [1.29, 1.82) is 5.26 Å². The Morgan fingerprint density at radius 2 is 1.74 bits per heavy atom. The first-order valence-corrected chi connectivity index (χ1v) is 13.0. The van der Waals surface area contributed by atoms with Gasteiger partial charge in [-0.1, -0.05) is 23.7 Å². The van der Waals surface area contributed by atoms with Crippen LogP contribution in [0.2, 0.25) is 5.02 Å². The first-order valence-electron chi connectivity index (χ1n) is 12.6. The van der Waals surface area contributed by atoms with Crippen LogP contribution >= 0.6 is 11.6 Å². The molecule has 10 nitrogen and oxygen atoms in total. The molecule has 0 spiro atoms. The largest absolute Gasteiger partial charge is 0.490 e. The lowest BCUT2D eigenvalue weighted by Crippen LogP contribution is -2.46. The predicted octanol–water partition coefficient (Wildman–Crippen LogP) is 3.51. The number of nitrogens with zero attached hydrogens (tertiary/aromatic N) is 5. The Bertz CT molecular complexity index is 1320. The van der Waals surface area contributed by atoms with Crippen molar-refractivity contribution in [3.63, 3.8) is 0 Å². The van der Waals surface area contributed by atoms with E-state index in [1.165, 1.54) is 11.8 Å². The summed E-state index contributed by atoms with van der Waals surface area (Å²) < 4.78 is 5.75. The molecule has 1 fully saturated rings. The summed E-state index contributed by atoms with van der Waals surface area (Å²) in [5, 5.41) is 19.3. The fourth-order valence-corrected chi connectivity index (χ4v) is 4.64. The Morgan fingerprint density at radius 3 is 2.50 bits per heavy atom. The highest BCUT2D eigenvalue weighted by atomic mass is 35.5. The van der Waals surface area contributed by atoms with Crippen molar-refractivity contribution in [1.82, 2.24) is 25.1 Å². The van der Waals surface area contributed by atoms with E-state index in [4.69, 9.17) is 16.3 Å². The van der Waals surface area contributed by atoms with Crippen molar-refractivity contribution in [3.8, 4) is 11.8 Å². The van der Waals surface area contributed by atoms with Crippen LogP contribution in [0.4, 0.5) is 23.1 Å². The zero-order valence-corrected chi connectivity index (χ0v) is 21.7. The molecule has 0 atom stereocenters. The fraction of sp³-hybridized carbons (Fsp3) is 0.333. The van der Waals surface area contributed by atoms with Gasteiger partial charge in [0.1, 0.15) is 24.0 Å². The molecule has 3 aromatic rings. The molecule has 3 N–H and O–H groups in total. The predicted molar refractivity (Wildman–Crippen MR) is 146 cm³/mol. The van der Waals surface area contributed by atoms with Gasteiger partial charge >= 0.3 is 0 Å². The third-order valence-electron chi connectivity index (χ3n) is 6.52. The molecule has 1 saturated heterocycles. The highest BCUT2D eigenvalue weighted by Gasteiger charge is 2.18. The number of nitrogens with one attached hydrogen (secondary N) is 3. The maximum absolute atomic E-state index is 12.3. The number of amides is 1. The van der Waals surface area contributed by atoms with E-state index in [1.54, 1.807) is 18.2 Å². The third-order valence-corrected chi connectivity index (χ3v) is 6.82. The van der Waals surface area contributed by atoms with Gasteiger partial charge < -0.3 is 25.6 Å². The second-order valence-corrected chi connectivity index (χ2v) is 9.63. The molecule has 9 rings (SSSR count). The molecule has 0 aliphatic carbocycles. The van der Waals surface area contributed by atoms with Crippen LogP contribution in [0.3, 0.4) is 0 Å². The summed E-state index contributed by atoms with van der Waals surface area (Å²) in [5.74, 6) is 1.26. The van der Waals surface area contributed by atoms with Crippen molar-refractivity contribution in [2.45, 2.75) is 13.0 Å². The lowest BCUT2D eigenvalue weighted by atomic mass is 10.1. The Hall–Kier alpha value is -3.91. The summed E-state index contributed by atoms with van der Waals surface area (Å²) in [5.41, 5.74) is 3.04. The fourth-order valence-electron chi connectivity index (χ4n) is 4.40. The van der Waals surface area contributed by atoms with Gasteiger partial charge in [0.25, 0.3) is 0 Å². The van der Waals surface area contributed by atoms with Crippen molar-refractivity contribution < 1.29 is 9.53 Å². The number of anilines is 4. The quantitative estimate of drug-likeness (QED) is 0.399. The first kappa shape index (κ1) is 25.7. The Balaban J connectivity index is 1.36. The Labute approximate surface area is 226 Å². The average molecular weight is 533 g/mol. The van der Waals surface area contributed by atoms with Crippen molar-refractivity contribution in [2.75, 3.05) is 56.5 Å². The minimum absolute atomic E-state index is 0.0164. The standard InChI is InChI=1S/C27H29ClN8O2/c28-23-15-22-5-6-24(23)38-14-8-30-25(37)7-9-35-10-12-36(13-11-35)18-19-1-3-21(4-2-19)32-26-20(16-29)17-31-27(33-22)34-26/h1-6,15,17H,7-14,18H2,(H,30,37)(H2,31,32,33,34). The summed E-state index contributed by atoms with van der Waals surface area (Å²) in [6, 6.07) is 15.5. The van der Waals surface area contributed by atoms with Crippen molar-refractivity contribution >= 4 is 40.6 Å². The van der Waals surface area contributed by atoms with Crippen LogP contribution in [0.5, 0.6) is 5.75 Å². The van der Waals surface area contributed by atoms with E-state index in [9.17, 15) is 10.1 Å². The van der Waals surface area contributed by atoms with E-state index in [2.05, 4.69) is 53.9 Å². The van der Waals surface area contributed by atoms with Crippen LogP contribution in [0.15, 0.2) is 48.7 Å². The van der Waals surface area contributed by atoms with Gasteiger partial charge in [-0.2, -0.15) is 10.2 Å². The van der Waals surface area contributed by atoms with E-state index < -0.39 is 0 Å². The van der Waals surface area contributed by atoms with Gasteiger partial charge in [0.15, 0.2) is 5.82 Å². The number of nitriles is 1. The molecule has 11 heteroatoms. The SMILES string of the molecule is N#Cc1cnc2nc1Nc1ccc(cc1)CN1CCN(CCC(=O)NCCOc3ccc(cc3Cl)N2)CC1. The van der Waals surface area contributed by atoms with Gasteiger partial charge in [0, 0.05) is 57.1 Å². The molecule has 0 saturated carbocycles. The number of rotatable bonds is 0. The summed E-state index contributed by atoms with van der Waals surface area (Å²) in [7, 11) is 0. The maximum Gasteiger partial charge on any atom is 0.229 e. The van der Waals surface area contributed by atoms with Crippen LogP contribution in [-0.2, 0) is 11.3 Å². The lowest BCUT2D eigenvalue weighted by Gasteiger charge is -2.34. The lowest BCUT2D eigenvalue weighted by molar-refractivity contribution is -0.121. The number of carbonyl (C=O) groups is 1. The zero-order chi connectivity index (χ0) is 26.3. The summed E-state index contributed by atoms with van der Waals surface area (Å²) in [4.78, 5) is 25.8. The highest BCUT2D eigenvalue weighted by molar-refractivity contribution is 6.32. The molecule has 6 aliphatic rings. The molecular formula is C27H29ClN8O2. The number of carbonyl (C=O) groups excluding carboxylic acids is 1. The molecule has 7 heterocycles. The molecule has 38 heavy (non-hydrogen) atoms. The number of hydrogen-bond acceptors (Lipinski definition) is 9. The Morgan fingerprint density at radius 1 is 0.974 bits per heavy atom. The number of benzene rings is 2. The van der Waals surface area contributed by atoms with E-state index in [0.717, 1.165) is 45.0 Å². The van der Waals surface area contributed by atoms with Gasteiger partial charge in [-0.25, -0.2) is 4.98 Å². The van der Waals surface area contributed by atoms with E-state index in [1.807, 2.05) is 12.1 Å². The number of fused-ring (bicyclic) bond motifs is 1. The highest BCUT2D eigenvalue weighted by Crippen LogP contribution is 2.29. The summed E-state index contributed by atoms with van der Waals surface area (Å²) >= 11 is 6.42. The molecular weight excluding hydrogens is 504 g/mol. The van der Waals surface area contributed by atoms with Gasteiger partial charge in [0.2, 0.25) is 11.9 Å². The summed E-state index contributed by atoms with van der Waals surface area (Å²) in [6.07, 6.45) is 1.94. The van der Waals surface area contributed by atoms with Gasteiger partial charge in [-0.05, 0) is 35.9 Å². The second-order valence-electron chi connectivity index (χ2n) is 9.23. The number of halogens is 1.